The highest BCUT2D eigenvalue weighted by molar-refractivity contribution is 7.19. The molecule has 134 valence electrons. The van der Waals surface area contributed by atoms with E-state index >= 15 is 0 Å². The van der Waals surface area contributed by atoms with Gasteiger partial charge in [0.05, 0.1) is 6.20 Å². The van der Waals surface area contributed by atoms with Crippen LogP contribution in [0.4, 0.5) is 18.7 Å². The fraction of sp³-hybridized carbons (Fsp3) is 0.750. The Labute approximate surface area is 149 Å². The van der Waals surface area contributed by atoms with E-state index in [9.17, 15) is 13.6 Å². The zero-order chi connectivity index (χ0) is 17.2. The first kappa shape index (κ1) is 17.9. The van der Waals surface area contributed by atoms with Gasteiger partial charge in [-0.25, -0.2) is 18.6 Å². The number of nitrogens with one attached hydrogen (secondary N) is 1. The maximum atomic E-state index is 13.9. The molecule has 0 aliphatic heterocycles. The van der Waals surface area contributed by atoms with Crippen molar-refractivity contribution in [2.45, 2.75) is 75.8 Å². The van der Waals surface area contributed by atoms with E-state index in [0.29, 0.717) is 22.3 Å². The quantitative estimate of drug-likeness (QED) is 0.751. The number of hydrogen-bond acceptors (Lipinski definition) is 3. The second kappa shape index (κ2) is 7.52. The van der Waals surface area contributed by atoms with Crippen molar-refractivity contribution < 1.29 is 13.6 Å². The Morgan fingerprint density at radius 2 is 1.96 bits per heavy atom. The van der Waals surface area contributed by atoms with Gasteiger partial charge in [0.1, 0.15) is 4.34 Å². The van der Waals surface area contributed by atoms with Gasteiger partial charge in [-0.1, -0.05) is 42.2 Å². The Bertz CT molecular complexity index is 577. The molecule has 0 aromatic carbocycles. The first-order valence-corrected chi connectivity index (χ1v) is 9.72. The van der Waals surface area contributed by atoms with Gasteiger partial charge in [0.2, 0.25) is 5.92 Å². The Hall–Kier alpha value is -0.950. The van der Waals surface area contributed by atoms with E-state index in [2.05, 4.69) is 10.3 Å². The minimum absolute atomic E-state index is 0.0353. The molecule has 24 heavy (non-hydrogen) atoms. The number of carbonyl (C=O) groups excluding carboxylic acids is 1. The lowest BCUT2D eigenvalue weighted by atomic mass is 9.87. The number of thiazole rings is 1. The largest absolute Gasteiger partial charge is 0.324 e. The first-order valence-electron chi connectivity index (χ1n) is 8.53. The summed E-state index contributed by atoms with van der Waals surface area (Å²) in [5.41, 5.74) is 0. The number of hydrogen-bond donors (Lipinski definition) is 1. The smallest absolute Gasteiger partial charge is 0.318 e. The van der Waals surface area contributed by atoms with Crippen molar-refractivity contribution >= 4 is 34.1 Å². The number of nitrogens with zero attached hydrogens (tertiary/aromatic N) is 2. The van der Waals surface area contributed by atoms with Crippen LogP contribution in [0.1, 0.15) is 57.8 Å². The minimum atomic E-state index is -2.68. The molecule has 1 unspecified atom stereocenters. The molecular weight excluding hydrogens is 356 g/mol. The molecule has 2 aliphatic carbocycles. The summed E-state index contributed by atoms with van der Waals surface area (Å²) in [4.78, 5) is 18.5. The number of halogens is 3. The minimum Gasteiger partial charge on any atom is -0.318 e. The zero-order valence-electron chi connectivity index (χ0n) is 13.4. The SMILES string of the molecule is O=C(Nc1ncc(Cl)s1)N(C1CCCCC1)C1CCCC(F)(F)C1. The number of carbonyl (C=O) groups is 1. The van der Waals surface area contributed by atoms with Gasteiger partial charge in [0.25, 0.3) is 0 Å². The highest BCUT2D eigenvalue weighted by atomic mass is 35.5. The van der Waals surface area contributed by atoms with Gasteiger partial charge < -0.3 is 4.90 Å². The summed E-state index contributed by atoms with van der Waals surface area (Å²) >= 11 is 7.02. The molecule has 8 heteroatoms. The van der Waals surface area contributed by atoms with Gasteiger partial charge in [-0.3, -0.25) is 5.32 Å². The van der Waals surface area contributed by atoms with Crippen LogP contribution in [0.3, 0.4) is 0 Å². The molecule has 2 amide bonds. The number of anilines is 1. The topological polar surface area (TPSA) is 45.2 Å². The van der Waals surface area contributed by atoms with E-state index in [0.717, 1.165) is 32.1 Å². The van der Waals surface area contributed by atoms with Gasteiger partial charge in [-0.05, 0) is 25.7 Å². The lowest BCUT2D eigenvalue weighted by molar-refractivity contribution is -0.0625. The van der Waals surface area contributed by atoms with E-state index in [-0.39, 0.29) is 24.9 Å². The molecule has 0 spiro atoms. The molecule has 0 radical (unpaired) electrons. The van der Waals surface area contributed by atoms with Crippen molar-refractivity contribution in [3.05, 3.63) is 10.5 Å². The molecule has 2 aliphatic rings. The van der Waals surface area contributed by atoms with Crippen molar-refractivity contribution in [1.82, 2.24) is 9.88 Å². The molecule has 0 bridgehead atoms. The fourth-order valence-corrected chi connectivity index (χ4v) is 4.64. The highest BCUT2D eigenvalue weighted by Crippen LogP contribution is 2.38. The van der Waals surface area contributed by atoms with Crippen LogP contribution in [0.25, 0.3) is 0 Å². The van der Waals surface area contributed by atoms with Gasteiger partial charge >= 0.3 is 6.03 Å². The van der Waals surface area contributed by atoms with Crippen LogP contribution in [0, 0.1) is 0 Å². The van der Waals surface area contributed by atoms with Gasteiger partial charge in [0.15, 0.2) is 5.13 Å². The number of amides is 2. The van der Waals surface area contributed by atoms with Gasteiger partial charge in [-0.2, -0.15) is 0 Å². The summed E-state index contributed by atoms with van der Waals surface area (Å²) < 4.78 is 28.3. The van der Waals surface area contributed by atoms with E-state index in [1.165, 1.54) is 17.5 Å². The standard InChI is InChI=1S/C16H22ClF2N3OS/c17-13-10-20-14(24-13)21-15(23)22(11-5-2-1-3-6-11)12-7-4-8-16(18,19)9-12/h10-12H,1-9H2,(H,20,21,23). The van der Waals surface area contributed by atoms with Crippen molar-refractivity contribution in [3.8, 4) is 0 Å². The lowest BCUT2D eigenvalue weighted by Crippen LogP contribution is -2.52. The Balaban J connectivity index is 1.76. The molecule has 4 nitrogen and oxygen atoms in total. The third kappa shape index (κ3) is 4.36. The molecule has 3 rings (SSSR count). The molecule has 1 aromatic heterocycles. The summed E-state index contributed by atoms with van der Waals surface area (Å²) in [6.07, 6.45) is 7.25. The van der Waals surface area contributed by atoms with Crippen molar-refractivity contribution in [2.75, 3.05) is 5.32 Å². The maximum Gasteiger partial charge on any atom is 0.324 e. The third-order valence-electron chi connectivity index (χ3n) is 4.90. The Morgan fingerprint density at radius 3 is 2.58 bits per heavy atom. The Morgan fingerprint density at radius 1 is 1.25 bits per heavy atom. The summed E-state index contributed by atoms with van der Waals surface area (Å²) in [5, 5.41) is 3.16. The molecule has 1 heterocycles. The van der Waals surface area contributed by atoms with Gasteiger partial charge in [0, 0.05) is 24.9 Å². The summed E-state index contributed by atoms with van der Waals surface area (Å²) in [6.45, 7) is 0. The second-order valence-electron chi connectivity index (χ2n) is 6.70. The molecular formula is C16H22ClF2N3OS. The van der Waals surface area contributed by atoms with E-state index in [1.807, 2.05) is 0 Å². The first-order chi connectivity index (χ1) is 11.4. The van der Waals surface area contributed by atoms with Crippen molar-refractivity contribution in [2.24, 2.45) is 0 Å². The van der Waals surface area contributed by atoms with Crippen LogP contribution in [0.2, 0.25) is 4.34 Å². The maximum absolute atomic E-state index is 13.9. The fourth-order valence-electron chi connectivity index (χ4n) is 3.84. The normalized spacial score (nSPS) is 24.5. The number of rotatable bonds is 3. The predicted molar refractivity (Wildman–Crippen MR) is 92.1 cm³/mol. The lowest BCUT2D eigenvalue weighted by Gasteiger charge is -2.43. The van der Waals surface area contributed by atoms with E-state index in [1.54, 1.807) is 4.90 Å². The third-order valence-corrected chi connectivity index (χ3v) is 5.93. The van der Waals surface area contributed by atoms with Crippen LogP contribution < -0.4 is 5.32 Å². The van der Waals surface area contributed by atoms with E-state index < -0.39 is 12.0 Å². The molecule has 1 aromatic rings. The average Bonchev–Trinajstić information content (AvgIpc) is 2.92. The molecule has 1 N–H and O–H groups in total. The van der Waals surface area contributed by atoms with Crippen LogP contribution >= 0.6 is 22.9 Å². The van der Waals surface area contributed by atoms with E-state index in [4.69, 9.17) is 11.6 Å². The van der Waals surface area contributed by atoms with Crippen LogP contribution in [0.15, 0.2) is 6.20 Å². The number of urea groups is 1. The molecule has 1 atom stereocenters. The number of alkyl halides is 2. The van der Waals surface area contributed by atoms with Gasteiger partial charge in [-0.15, -0.1) is 0 Å². The summed E-state index contributed by atoms with van der Waals surface area (Å²) in [6, 6.07) is -0.698. The molecule has 2 saturated carbocycles. The monoisotopic (exact) mass is 377 g/mol. The average molecular weight is 378 g/mol. The van der Waals surface area contributed by atoms with Crippen LogP contribution in [-0.2, 0) is 0 Å². The molecule has 0 saturated heterocycles. The Kier molecular flexibility index (Phi) is 5.59. The van der Waals surface area contributed by atoms with Crippen LogP contribution in [0.5, 0.6) is 0 Å². The van der Waals surface area contributed by atoms with Crippen molar-refractivity contribution in [1.29, 1.82) is 0 Å². The molecule has 2 fully saturated rings. The zero-order valence-corrected chi connectivity index (χ0v) is 15.0. The van der Waals surface area contributed by atoms with Crippen LogP contribution in [-0.4, -0.2) is 33.9 Å². The second-order valence-corrected chi connectivity index (χ2v) is 8.37. The summed E-state index contributed by atoms with van der Waals surface area (Å²) in [5.74, 6) is -2.68. The highest BCUT2D eigenvalue weighted by Gasteiger charge is 2.42. The number of aromatic nitrogens is 1. The summed E-state index contributed by atoms with van der Waals surface area (Å²) in [7, 11) is 0. The van der Waals surface area contributed by atoms with Crippen molar-refractivity contribution in [3.63, 3.8) is 0 Å². The predicted octanol–water partition coefficient (Wildman–Crippen LogP) is 5.54.